The van der Waals surface area contributed by atoms with E-state index < -0.39 is 18.0 Å². The van der Waals surface area contributed by atoms with Gasteiger partial charge in [-0.25, -0.2) is 9.48 Å². The highest BCUT2D eigenvalue weighted by molar-refractivity contribution is 5.96. The third kappa shape index (κ3) is 4.44. The summed E-state index contributed by atoms with van der Waals surface area (Å²) in [5.74, 6) is -0.438. The van der Waals surface area contributed by atoms with Crippen molar-refractivity contribution < 1.29 is 9.59 Å². The Hall–Kier alpha value is -3.45. The van der Waals surface area contributed by atoms with Gasteiger partial charge in [0, 0.05) is 23.9 Å². The number of hydrogen-bond donors (Lipinski definition) is 2. The van der Waals surface area contributed by atoms with Crippen LogP contribution < -0.4 is 11.1 Å². The van der Waals surface area contributed by atoms with Gasteiger partial charge in [0.1, 0.15) is 0 Å². The van der Waals surface area contributed by atoms with Crippen molar-refractivity contribution in [3.05, 3.63) is 72.4 Å². The lowest BCUT2D eigenvalue weighted by Gasteiger charge is -2.23. The monoisotopic (exact) mass is 377 g/mol. The summed E-state index contributed by atoms with van der Waals surface area (Å²) in [4.78, 5) is 24.9. The van der Waals surface area contributed by atoms with Crippen LogP contribution in [0.3, 0.4) is 0 Å². The average molecular weight is 377 g/mol. The van der Waals surface area contributed by atoms with E-state index in [9.17, 15) is 9.59 Å². The minimum Gasteiger partial charge on any atom is -0.351 e. The lowest BCUT2D eigenvalue weighted by molar-refractivity contribution is -0.124. The highest BCUT2D eigenvalue weighted by atomic mass is 16.2. The second kappa shape index (κ2) is 8.49. The summed E-state index contributed by atoms with van der Waals surface area (Å²) in [6.07, 6.45) is 1.97. The van der Waals surface area contributed by atoms with Gasteiger partial charge in [0.2, 0.25) is 5.91 Å². The van der Waals surface area contributed by atoms with Crippen molar-refractivity contribution in [2.24, 2.45) is 5.73 Å². The predicted molar refractivity (Wildman–Crippen MR) is 108 cm³/mol. The average Bonchev–Trinajstić information content (AvgIpc) is 3.12. The maximum absolute atomic E-state index is 12.1. The Labute approximate surface area is 163 Å². The van der Waals surface area contributed by atoms with Crippen LogP contribution in [0.25, 0.3) is 16.9 Å². The number of primary amides is 1. The number of para-hydroxylation sites is 1. The van der Waals surface area contributed by atoms with Crippen molar-refractivity contribution in [2.75, 3.05) is 7.05 Å². The van der Waals surface area contributed by atoms with Crippen molar-refractivity contribution in [3.63, 3.8) is 0 Å². The fraction of sp³-hybridized carbons (Fsp3) is 0.190. The third-order valence-electron chi connectivity index (χ3n) is 4.56. The molecule has 1 heterocycles. The molecule has 1 aromatic heterocycles. The minimum atomic E-state index is -0.855. The van der Waals surface area contributed by atoms with E-state index in [-0.39, 0.29) is 0 Å². The number of benzene rings is 2. The van der Waals surface area contributed by atoms with E-state index in [0.717, 1.165) is 22.5 Å². The molecule has 1 atom stereocenters. The Morgan fingerprint density at radius 2 is 1.71 bits per heavy atom. The fourth-order valence-electron chi connectivity index (χ4n) is 2.91. The van der Waals surface area contributed by atoms with Gasteiger partial charge in [0.15, 0.2) is 0 Å². The number of amides is 3. The van der Waals surface area contributed by atoms with Crippen molar-refractivity contribution in [3.8, 4) is 16.9 Å². The number of likely N-dealkylation sites (N-methyl/N-ethyl adjacent to an activating group) is 1. The molecule has 3 aromatic rings. The Morgan fingerprint density at radius 1 is 1.11 bits per heavy atom. The molecule has 3 N–H and O–H groups in total. The van der Waals surface area contributed by atoms with Crippen LogP contribution in [0.15, 0.2) is 66.9 Å². The Kier molecular flexibility index (Phi) is 5.86. The number of urea groups is 1. The number of imide groups is 1. The van der Waals surface area contributed by atoms with Crippen LogP contribution in [0.1, 0.15) is 12.5 Å². The van der Waals surface area contributed by atoms with Gasteiger partial charge in [0.25, 0.3) is 0 Å². The molecule has 0 saturated carbocycles. The van der Waals surface area contributed by atoms with Gasteiger partial charge in [-0.15, -0.1) is 0 Å². The molecule has 7 heteroatoms. The molecule has 0 spiro atoms. The number of nitrogens with zero attached hydrogens (tertiary/aromatic N) is 3. The molecule has 3 rings (SSSR count). The number of nitrogens with two attached hydrogens (primary N) is 1. The van der Waals surface area contributed by atoms with Gasteiger partial charge >= 0.3 is 6.03 Å². The minimum absolute atomic E-state index is 0.438. The fourth-order valence-corrected chi connectivity index (χ4v) is 2.91. The van der Waals surface area contributed by atoms with Crippen molar-refractivity contribution in [1.82, 2.24) is 20.0 Å². The molecule has 2 aromatic carbocycles. The smallest absolute Gasteiger partial charge is 0.318 e. The number of aromatic nitrogens is 2. The number of nitrogens with one attached hydrogen (secondary N) is 1. The SMILES string of the molecule is C[C@H](C(=O)NC(N)=O)N(C)Cc1cn(-c2ccccc2)nc1-c1ccccc1. The molecule has 144 valence electrons. The van der Waals surface area contributed by atoms with Gasteiger partial charge in [-0.3, -0.25) is 15.0 Å². The first-order valence-electron chi connectivity index (χ1n) is 8.95. The molecule has 0 radical (unpaired) electrons. The van der Waals surface area contributed by atoms with E-state index >= 15 is 0 Å². The third-order valence-corrected chi connectivity index (χ3v) is 4.56. The predicted octanol–water partition coefficient (Wildman–Crippen LogP) is 2.55. The molecule has 0 saturated heterocycles. The van der Waals surface area contributed by atoms with E-state index in [2.05, 4.69) is 5.32 Å². The second-order valence-corrected chi connectivity index (χ2v) is 6.59. The molecule has 3 amide bonds. The van der Waals surface area contributed by atoms with Crippen LogP contribution in [0.5, 0.6) is 0 Å². The van der Waals surface area contributed by atoms with E-state index in [1.807, 2.05) is 83.5 Å². The van der Waals surface area contributed by atoms with E-state index in [0.29, 0.717) is 6.54 Å². The largest absolute Gasteiger partial charge is 0.351 e. The zero-order valence-electron chi connectivity index (χ0n) is 15.9. The first-order chi connectivity index (χ1) is 13.5. The highest BCUT2D eigenvalue weighted by Crippen LogP contribution is 2.25. The number of carbonyl (C=O) groups is 2. The normalized spacial score (nSPS) is 12.0. The first-order valence-corrected chi connectivity index (χ1v) is 8.95. The molecule has 7 nitrogen and oxygen atoms in total. The standard InChI is InChI=1S/C21H23N5O2/c1-15(20(27)23-21(22)28)25(2)13-17-14-26(18-11-7-4-8-12-18)24-19(17)16-9-5-3-6-10-16/h3-12,14-15H,13H2,1-2H3,(H3,22,23,27,28)/t15-/m1/s1. The molecule has 0 fully saturated rings. The van der Waals surface area contributed by atoms with Gasteiger partial charge in [0.05, 0.1) is 17.4 Å². The molecular weight excluding hydrogens is 354 g/mol. The molecule has 0 aliphatic carbocycles. The van der Waals surface area contributed by atoms with Gasteiger partial charge in [-0.2, -0.15) is 5.10 Å². The zero-order valence-corrected chi connectivity index (χ0v) is 15.9. The molecular formula is C21H23N5O2. The lowest BCUT2D eigenvalue weighted by Crippen LogP contribution is -2.46. The van der Waals surface area contributed by atoms with Gasteiger partial charge in [-0.1, -0.05) is 48.5 Å². The highest BCUT2D eigenvalue weighted by Gasteiger charge is 2.22. The topological polar surface area (TPSA) is 93.2 Å². The second-order valence-electron chi connectivity index (χ2n) is 6.59. The van der Waals surface area contributed by atoms with E-state index in [4.69, 9.17) is 10.8 Å². The van der Waals surface area contributed by atoms with Gasteiger partial charge < -0.3 is 5.73 Å². The summed E-state index contributed by atoms with van der Waals surface area (Å²) in [6.45, 7) is 2.20. The summed E-state index contributed by atoms with van der Waals surface area (Å²) in [5.41, 5.74) is 8.81. The number of hydrogen-bond acceptors (Lipinski definition) is 4. The van der Waals surface area contributed by atoms with Crippen LogP contribution in [0.2, 0.25) is 0 Å². The number of rotatable bonds is 6. The maximum atomic E-state index is 12.1. The lowest BCUT2D eigenvalue weighted by atomic mass is 10.1. The van der Waals surface area contributed by atoms with Crippen LogP contribution in [0, 0.1) is 0 Å². The molecule has 0 aliphatic heterocycles. The molecule has 0 aliphatic rings. The van der Waals surface area contributed by atoms with Gasteiger partial charge in [-0.05, 0) is 26.1 Å². The summed E-state index contributed by atoms with van der Waals surface area (Å²) in [5, 5.41) is 6.90. The number of carbonyl (C=O) groups excluding carboxylic acids is 2. The van der Waals surface area contributed by atoms with Crippen molar-refractivity contribution in [1.29, 1.82) is 0 Å². The molecule has 28 heavy (non-hydrogen) atoms. The summed E-state index contributed by atoms with van der Waals surface area (Å²) < 4.78 is 1.83. The van der Waals surface area contributed by atoms with Crippen LogP contribution in [-0.4, -0.2) is 39.7 Å². The molecule has 0 unspecified atom stereocenters. The first kappa shape index (κ1) is 19.3. The van der Waals surface area contributed by atoms with Crippen molar-refractivity contribution >= 4 is 11.9 Å². The van der Waals surface area contributed by atoms with E-state index in [1.165, 1.54) is 0 Å². The van der Waals surface area contributed by atoms with E-state index in [1.54, 1.807) is 6.92 Å². The summed E-state index contributed by atoms with van der Waals surface area (Å²) in [6, 6.07) is 18.4. The quantitative estimate of drug-likeness (QED) is 0.690. The van der Waals surface area contributed by atoms with Crippen LogP contribution >= 0.6 is 0 Å². The summed E-state index contributed by atoms with van der Waals surface area (Å²) in [7, 11) is 1.82. The zero-order chi connectivity index (χ0) is 20.1. The van der Waals surface area contributed by atoms with Crippen LogP contribution in [0.4, 0.5) is 4.79 Å². The summed E-state index contributed by atoms with van der Waals surface area (Å²) >= 11 is 0. The Bertz CT molecular complexity index is 953. The maximum Gasteiger partial charge on any atom is 0.318 e. The van der Waals surface area contributed by atoms with Crippen molar-refractivity contribution in [2.45, 2.75) is 19.5 Å². The van der Waals surface area contributed by atoms with Crippen LogP contribution in [-0.2, 0) is 11.3 Å². The Balaban J connectivity index is 1.91. The Morgan fingerprint density at radius 3 is 2.32 bits per heavy atom. The molecule has 0 bridgehead atoms.